The molecule has 0 unspecified atom stereocenters. The highest BCUT2D eigenvalue weighted by atomic mass is 32.1. The van der Waals surface area contributed by atoms with Crippen molar-refractivity contribution < 1.29 is 14.3 Å². The van der Waals surface area contributed by atoms with Crippen LogP contribution in [0, 0.1) is 0 Å². The second-order valence-electron chi connectivity index (χ2n) is 4.09. The van der Waals surface area contributed by atoms with Crippen molar-refractivity contribution in [2.45, 2.75) is 12.8 Å². The highest BCUT2D eigenvalue weighted by molar-refractivity contribution is 7.08. The maximum Gasteiger partial charge on any atom is 0.305 e. The molecule has 0 amide bonds. The summed E-state index contributed by atoms with van der Waals surface area (Å²) in [6.45, 7) is 0. The number of carbonyl (C=O) groups is 2. The van der Waals surface area contributed by atoms with E-state index in [1.54, 1.807) is 23.5 Å². The maximum absolute atomic E-state index is 11.9. The molecule has 0 atom stereocenters. The van der Waals surface area contributed by atoms with E-state index in [0.29, 0.717) is 5.56 Å². The van der Waals surface area contributed by atoms with Gasteiger partial charge >= 0.3 is 5.97 Å². The summed E-state index contributed by atoms with van der Waals surface area (Å²) < 4.78 is 4.51. The van der Waals surface area contributed by atoms with Crippen LogP contribution in [-0.4, -0.2) is 18.9 Å². The Balaban J connectivity index is 2.02. The first-order valence-corrected chi connectivity index (χ1v) is 6.87. The molecule has 0 radical (unpaired) electrons. The molecule has 0 saturated carbocycles. The lowest BCUT2D eigenvalue weighted by atomic mass is 10.0. The van der Waals surface area contributed by atoms with Gasteiger partial charge in [0, 0.05) is 12.0 Å². The van der Waals surface area contributed by atoms with Gasteiger partial charge in [0.25, 0.3) is 0 Å². The zero-order valence-electron chi connectivity index (χ0n) is 10.6. The number of Topliss-reactive ketones (excluding diaryl/α,β-unsaturated/α-hetero) is 1. The number of ether oxygens (including phenoxy) is 1. The Kier molecular flexibility index (Phi) is 4.47. The monoisotopic (exact) mass is 274 g/mol. The first-order chi connectivity index (χ1) is 9.20. The highest BCUT2D eigenvalue weighted by Crippen LogP contribution is 2.22. The molecular formula is C15H14O3S. The van der Waals surface area contributed by atoms with Crippen LogP contribution in [0.2, 0.25) is 0 Å². The SMILES string of the molecule is COC(=O)CCC(=O)c1ccc(-c2ccsc2)cc1. The Labute approximate surface area is 115 Å². The van der Waals surface area contributed by atoms with Gasteiger partial charge < -0.3 is 4.74 Å². The van der Waals surface area contributed by atoms with Gasteiger partial charge in [-0.15, -0.1) is 0 Å². The predicted molar refractivity (Wildman–Crippen MR) is 75.3 cm³/mol. The second-order valence-corrected chi connectivity index (χ2v) is 4.87. The van der Waals surface area contributed by atoms with Gasteiger partial charge in [0.1, 0.15) is 0 Å². The quantitative estimate of drug-likeness (QED) is 0.618. The number of methoxy groups -OCH3 is 1. The summed E-state index contributed by atoms with van der Waals surface area (Å²) in [5.41, 5.74) is 2.87. The number of benzene rings is 1. The van der Waals surface area contributed by atoms with Gasteiger partial charge in [-0.05, 0) is 28.0 Å². The van der Waals surface area contributed by atoms with E-state index in [9.17, 15) is 9.59 Å². The van der Waals surface area contributed by atoms with E-state index in [0.717, 1.165) is 11.1 Å². The molecule has 19 heavy (non-hydrogen) atoms. The molecule has 0 bridgehead atoms. The van der Waals surface area contributed by atoms with E-state index in [4.69, 9.17) is 0 Å². The predicted octanol–water partition coefficient (Wildman–Crippen LogP) is 3.55. The van der Waals surface area contributed by atoms with Crippen LogP contribution in [0.4, 0.5) is 0 Å². The minimum atomic E-state index is -0.358. The van der Waals surface area contributed by atoms with E-state index in [-0.39, 0.29) is 24.6 Å². The van der Waals surface area contributed by atoms with Crippen molar-refractivity contribution in [3.05, 3.63) is 46.7 Å². The van der Waals surface area contributed by atoms with E-state index >= 15 is 0 Å². The smallest absolute Gasteiger partial charge is 0.305 e. The molecule has 0 spiro atoms. The first-order valence-electron chi connectivity index (χ1n) is 5.93. The molecular weight excluding hydrogens is 260 g/mol. The molecule has 0 aliphatic rings. The number of rotatable bonds is 5. The molecule has 4 heteroatoms. The van der Waals surface area contributed by atoms with Crippen LogP contribution in [0.15, 0.2) is 41.1 Å². The van der Waals surface area contributed by atoms with Crippen molar-refractivity contribution in [2.24, 2.45) is 0 Å². The Morgan fingerprint density at radius 2 is 1.79 bits per heavy atom. The Morgan fingerprint density at radius 3 is 2.37 bits per heavy atom. The summed E-state index contributed by atoms with van der Waals surface area (Å²) in [6, 6.07) is 9.48. The molecule has 1 aromatic heterocycles. The number of hydrogen-bond donors (Lipinski definition) is 0. The Hall–Kier alpha value is -1.94. The largest absolute Gasteiger partial charge is 0.469 e. The molecule has 2 aromatic rings. The molecule has 3 nitrogen and oxygen atoms in total. The van der Waals surface area contributed by atoms with Crippen LogP contribution in [0.25, 0.3) is 11.1 Å². The summed E-state index contributed by atoms with van der Waals surface area (Å²) in [7, 11) is 1.32. The van der Waals surface area contributed by atoms with Crippen LogP contribution in [-0.2, 0) is 9.53 Å². The lowest BCUT2D eigenvalue weighted by Crippen LogP contribution is -2.05. The molecule has 0 N–H and O–H groups in total. The average Bonchev–Trinajstić information content (AvgIpc) is 2.98. The number of esters is 1. The Bertz CT molecular complexity index is 556. The number of carbonyl (C=O) groups excluding carboxylic acids is 2. The number of thiophene rings is 1. The molecule has 0 saturated heterocycles. The zero-order chi connectivity index (χ0) is 13.7. The van der Waals surface area contributed by atoms with Crippen molar-refractivity contribution >= 4 is 23.1 Å². The molecule has 1 aromatic carbocycles. The Morgan fingerprint density at radius 1 is 1.05 bits per heavy atom. The van der Waals surface area contributed by atoms with Crippen LogP contribution < -0.4 is 0 Å². The summed E-state index contributed by atoms with van der Waals surface area (Å²) in [6.07, 6.45) is 0.312. The van der Waals surface area contributed by atoms with Crippen LogP contribution in [0.5, 0.6) is 0 Å². The summed E-state index contributed by atoms with van der Waals surface area (Å²) in [5.74, 6) is -0.398. The maximum atomic E-state index is 11.9. The van der Waals surface area contributed by atoms with Crippen molar-refractivity contribution in [3.8, 4) is 11.1 Å². The van der Waals surface area contributed by atoms with Crippen LogP contribution in [0.1, 0.15) is 23.2 Å². The van der Waals surface area contributed by atoms with Gasteiger partial charge in [-0.2, -0.15) is 11.3 Å². The van der Waals surface area contributed by atoms with Gasteiger partial charge in [0.05, 0.1) is 13.5 Å². The van der Waals surface area contributed by atoms with Gasteiger partial charge in [0.2, 0.25) is 0 Å². The molecule has 0 fully saturated rings. The van der Waals surface area contributed by atoms with E-state index in [1.807, 2.05) is 23.6 Å². The second kappa shape index (κ2) is 6.29. The summed E-state index contributed by atoms with van der Waals surface area (Å²) in [5, 5.41) is 4.08. The molecule has 0 aliphatic heterocycles. The minimum Gasteiger partial charge on any atom is -0.469 e. The highest BCUT2D eigenvalue weighted by Gasteiger charge is 2.09. The van der Waals surface area contributed by atoms with Gasteiger partial charge in [0.15, 0.2) is 5.78 Å². The third-order valence-electron chi connectivity index (χ3n) is 2.85. The number of ketones is 1. The van der Waals surface area contributed by atoms with E-state index in [1.165, 1.54) is 7.11 Å². The topological polar surface area (TPSA) is 43.4 Å². The van der Waals surface area contributed by atoms with Crippen LogP contribution in [0.3, 0.4) is 0 Å². The molecule has 0 aliphatic carbocycles. The van der Waals surface area contributed by atoms with Crippen molar-refractivity contribution in [1.29, 1.82) is 0 Å². The van der Waals surface area contributed by atoms with Crippen molar-refractivity contribution in [1.82, 2.24) is 0 Å². The molecule has 1 heterocycles. The lowest BCUT2D eigenvalue weighted by molar-refractivity contribution is -0.140. The summed E-state index contributed by atoms with van der Waals surface area (Å²) in [4.78, 5) is 22.8. The fourth-order valence-electron chi connectivity index (χ4n) is 1.74. The first kappa shape index (κ1) is 13.5. The summed E-state index contributed by atoms with van der Waals surface area (Å²) >= 11 is 1.64. The van der Waals surface area contributed by atoms with Gasteiger partial charge in [-0.25, -0.2) is 0 Å². The van der Waals surface area contributed by atoms with E-state index in [2.05, 4.69) is 10.1 Å². The normalized spacial score (nSPS) is 10.2. The van der Waals surface area contributed by atoms with Crippen molar-refractivity contribution in [3.63, 3.8) is 0 Å². The average molecular weight is 274 g/mol. The lowest BCUT2D eigenvalue weighted by Gasteiger charge is -2.02. The fourth-order valence-corrected chi connectivity index (χ4v) is 2.40. The van der Waals surface area contributed by atoms with Crippen LogP contribution >= 0.6 is 11.3 Å². The van der Waals surface area contributed by atoms with Crippen molar-refractivity contribution in [2.75, 3.05) is 7.11 Å². The standard InChI is InChI=1S/C15H14O3S/c1-18-15(17)7-6-14(16)12-4-2-11(3-5-12)13-8-9-19-10-13/h2-5,8-10H,6-7H2,1H3. The fraction of sp³-hybridized carbons (Fsp3) is 0.200. The third-order valence-corrected chi connectivity index (χ3v) is 3.53. The van der Waals surface area contributed by atoms with Gasteiger partial charge in [-0.3, -0.25) is 9.59 Å². The number of hydrogen-bond acceptors (Lipinski definition) is 4. The third kappa shape index (κ3) is 3.51. The molecule has 98 valence electrons. The zero-order valence-corrected chi connectivity index (χ0v) is 11.4. The molecule has 2 rings (SSSR count). The minimum absolute atomic E-state index is 0.0396. The van der Waals surface area contributed by atoms with Gasteiger partial charge in [-0.1, -0.05) is 24.3 Å². The van der Waals surface area contributed by atoms with E-state index < -0.39 is 0 Å².